The number of carbonyl (C=O) groups excluding carboxylic acids is 1. The molecule has 3 aromatic rings. The summed E-state index contributed by atoms with van der Waals surface area (Å²) in [6.07, 6.45) is 8.70. The second-order valence-electron chi connectivity index (χ2n) is 6.58. The summed E-state index contributed by atoms with van der Waals surface area (Å²) in [7, 11) is 0. The number of benzene rings is 2. The van der Waals surface area contributed by atoms with Crippen molar-refractivity contribution >= 4 is 33.1 Å². The van der Waals surface area contributed by atoms with Gasteiger partial charge in [0.05, 0.1) is 28.3 Å². The van der Waals surface area contributed by atoms with E-state index < -0.39 is 10.8 Å². The number of hydrogen-bond donors (Lipinski definition) is 0. The van der Waals surface area contributed by atoms with Crippen LogP contribution in [0.25, 0.3) is 10.2 Å². The highest BCUT2D eigenvalue weighted by molar-refractivity contribution is 7.16. The molecule has 0 aliphatic rings. The largest absolute Gasteiger partial charge is 0.494 e. The first-order chi connectivity index (χ1) is 14.5. The number of ether oxygens (including phenoxy) is 1. The first kappa shape index (κ1) is 21.3. The Labute approximate surface area is 177 Å². The lowest BCUT2D eigenvalue weighted by molar-refractivity contribution is -0.384. The number of thiazole rings is 1. The van der Waals surface area contributed by atoms with Gasteiger partial charge in [-0.1, -0.05) is 37.0 Å². The predicted octanol–water partition coefficient (Wildman–Crippen LogP) is 4.55. The number of nitro benzene ring substituents is 1. The van der Waals surface area contributed by atoms with Crippen LogP contribution in [0.3, 0.4) is 0 Å². The van der Waals surface area contributed by atoms with Crippen molar-refractivity contribution < 1.29 is 14.5 Å². The molecule has 1 heterocycles. The molecule has 0 radical (unpaired) electrons. The van der Waals surface area contributed by atoms with Gasteiger partial charge < -0.3 is 9.30 Å². The van der Waals surface area contributed by atoms with Crippen LogP contribution >= 0.6 is 11.3 Å². The Balaban J connectivity index is 1.88. The van der Waals surface area contributed by atoms with Gasteiger partial charge in [-0.05, 0) is 36.8 Å². The summed E-state index contributed by atoms with van der Waals surface area (Å²) in [5, 5.41) is 11.0. The van der Waals surface area contributed by atoms with Crippen molar-refractivity contribution in [3.05, 3.63) is 62.9 Å². The molecule has 154 valence electrons. The third-order valence-electron chi connectivity index (χ3n) is 4.44. The summed E-state index contributed by atoms with van der Waals surface area (Å²) < 4.78 is 8.00. The molecule has 0 aliphatic heterocycles. The molecule has 0 aliphatic carbocycles. The fourth-order valence-corrected chi connectivity index (χ4v) is 3.95. The predicted molar refractivity (Wildman–Crippen MR) is 117 cm³/mol. The summed E-state index contributed by atoms with van der Waals surface area (Å²) in [5.74, 6) is 2.83. The Morgan fingerprint density at radius 1 is 1.27 bits per heavy atom. The van der Waals surface area contributed by atoms with Crippen LogP contribution in [0.5, 0.6) is 5.75 Å². The van der Waals surface area contributed by atoms with E-state index >= 15 is 0 Å². The van der Waals surface area contributed by atoms with Gasteiger partial charge in [-0.3, -0.25) is 14.9 Å². The van der Waals surface area contributed by atoms with Crippen LogP contribution in [0.1, 0.15) is 36.5 Å². The fourth-order valence-electron chi connectivity index (χ4n) is 2.89. The summed E-state index contributed by atoms with van der Waals surface area (Å²) >= 11 is 1.19. The summed E-state index contributed by atoms with van der Waals surface area (Å²) in [6, 6.07) is 11.3. The summed E-state index contributed by atoms with van der Waals surface area (Å²) in [4.78, 5) is 27.8. The van der Waals surface area contributed by atoms with Crippen molar-refractivity contribution in [1.82, 2.24) is 4.57 Å². The van der Waals surface area contributed by atoms with Crippen LogP contribution in [0.4, 0.5) is 5.69 Å². The zero-order chi connectivity index (χ0) is 21.5. The lowest BCUT2D eigenvalue weighted by atomic mass is 10.2. The maximum absolute atomic E-state index is 12.7. The van der Waals surface area contributed by atoms with Crippen molar-refractivity contribution in [2.45, 2.75) is 32.7 Å². The minimum Gasteiger partial charge on any atom is -0.494 e. The second-order valence-corrected chi connectivity index (χ2v) is 7.59. The van der Waals surface area contributed by atoms with Crippen molar-refractivity contribution in [3.8, 4) is 18.1 Å². The molecule has 2 aromatic carbocycles. The number of nitro groups is 1. The van der Waals surface area contributed by atoms with Gasteiger partial charge in [0, 0.05) is 17.7 Å². The number of hydrogen-bond acceptors (Lipinski definition) is 5. The van der Waals surface area contributed by atoms with Crippen LogP contribution in [0.15, 0.2) is 47.5 Å². The maximum Gasteiger partial charge on any atom is 0.279 e. The van der Waals surface area contributed by atoms with E-state index in [-0.39, 0.29) is 12.2 Å². The molecule has 7 nitrogen and oxygen atoms in total. The lowest BCUT2D eigenvalue weighted by Crippen LogP contribution is -2.16. The fraction of sp³-hybridized carbons (Fsp3) is 0.273. The van der Waals surface area contributed by atoms with Crippen LogP contribution in [0.2, 0.25) is 0 Å². The van der Waals surface area contributed by atoms with E-state index in [1.54, 1.807) is 34.9 Å². The van der Waals surface area contributed by atoms with Crippen molar-refractivity contribution in [2.75, 3.05) is 6.61 Å². The summed E-state index contributed by atoms with van der Waals surface area (Å²) in [6.45, 7) is 2.98. The van der Waals surface area contributed by atoms with E-state index in [0.29, 0.717) is 32.9 Å². The number of aromatic nitrogens is 1. The number of rotatable bonds is 8. The topological polar surface area (TPSA) is 86.7 Å². The molecule has 8 heteroatoms. The number of unbranched alkanes of at least 4 members (excludes halogenated alkanes) is 2. The standard InChI is InChI=1S/C22H21N3O4S/c1-3-5-6-14-29-18-10-7-16(8-11-18)21(26)23-22-24(13-4-2)19-12-9-17(25(27)28)15-20(19)30-22/h2,7-12,15H,3,5-6,13-14H2,1H3. The Hall–Kier alpha value is -3.44. The number of nitrogens with zero attached hydrogens (tertiary/aromatic N) is 3. The van der Waals surface area contributed by atoms with Gasteiger partial charge in [-0.25, -0.2) is 0 Å². The molecule has 30 heavy (non-hydrogen) atoms. The quantitative estimate of drug-likeness (QED) is 0.230. The van der Waals surface area contributed by atoms with Gasteiger partial charge in [0.25, 0.3) is 11.6 Å². The first-order valence-electron chi connectivity index (χ1n) is 9.56. The van der Waals surface area contributed by atoms with E-state index in [9.17, 15) is 14.9 Å². The molecular formula is C22H21N3O4S. The lowest BCUT2D eigenvalue weighted by Gasteiger charge is -2.05. The highest BCUT2D eigenvalue weighted by Gasteiger charge is 2.13. The Kier molecular flexibility index (Phi) is 6.99. The van der Waals surface area contributed by atoms with E-state index in [1.165, 1.54) is 23.5 Å². The Morgan fingerprint density at radius 3 is 2.70 bits per heavy atom. The van der Waals surface area contributed by atoms with E-state index in [1.807, 2.05) is 0 Å². The number of carbonyl (C=O) groups is 1. The van der Waals surface area contributed by atoms with Crippen molar-refractivity contribution in [2.24, 2.45) is 4.99 Å². The molecule has 0 bridgehead atoms. The molecule has 0 spiro atoms. The van der Waals surface area contributed by atoms with Gasteiger partial charge in [-0.15, -0.1) is 6.42 Å². The molecule has 0 unspecified atom stereocenters. The Bertz CT molecular complexity index is 1170. The molecule has 0 N–H and O–H groups in total. The normalized spacial score (nSPS) is 11.4. The Morgan fingerprint density at radius 2 is 2.03 bits per heavy atom. The maximum atomic E-state index is 12.7. The van der Waals surface area contributed by atoms with Crippen LogP contribution in [-0.2, 0) is 6.54 Å². The zero-order valence-electron chi connectivity index (χ0n) is 16.5. The summed E-state index contributed by atoms with van der Waals surface area (Å²) in [5.41, 5.74) is 1.10. The zero-order valence-corrected chi connectivity index (χ0v) is 17.4. The van der Waals surface area contributed by atoms with Crippen LogP contribution in [0, 0.1) is 22.5 Å². The third kappa shape index (κ3) is 4.93. The minimum atomic E-state index is -0.460. The first-order valence-corrected chi connectivity index (χ1v) is 10.4. The SMILES string of the molecule is C#CCn1c(=NC(=O)c2ccc(OCCCCC)cc2)sc2cc([N+](=O)[O-])ccc21. The minimum absolute atomic E-state index is 0.0241. The molecule has 0 saturated heterocycles. The molecule has 0 fully saturated rings. The van der Waals surface area contributed by atoms with Gasteiger partial charge in [0.2, 0.25) is 0 Å². The van der Waals surface area contributed by atoms with Crippen molar-refractivity contribution in [3.63, 3.8) is 0 Å². The van der Waals surface area contributed by atoms with Gasteiger partial charge in [0.1, 0.15) is 5.75 Å². The van der Waals surface area contributed by atoms with Crippen molar-refractivity contribution in [1.29, 1.82) is 0 Å². The highest BCUT2D eigenvalue weighted by atomic mass is 32.1. The van der Waals surface area contributed by atoms with Gasteiger partial charge in [0.15, 0.2) is 4.80 Å². The number of amides is 1. The number of non-ortho nitro benzene ring substituents is 1. The highest BCUT2D eigenvalue weighted by Crippen LogP contribution is 2.23. The molecule has 0 atom stereocenters. The molecule has 1 amide bonds. The molecule has 1 aromatic heterocycles. The van der Waals surface area contributed by atoms with Gasteiger partial charge >= 0.3 is 0 Å². The van der Waals surface area contributed by atoms with Crippen LogP contribution < -0.4 is 9.54 Å². The second kappa shape index (κ2) is 9.85. The third-order valence-corrected chi connectivity index (χ3v) is 5.48. The van der Waals surface area contributed by atoms with E-state index in [0.717, 1.165) is 19.3 Å². The molecule has 3 rings (SSSR count). The monoisotopic (exact) mass is 423 g/mol. The average molecular weight is 423 g/mol. The number of fused-ring (bicyclic) bond motifs is 1. The molecule has 0 saturated carbocycles. The van der Waals surface area contributed by atoms with E-state index in [2.05, 4.69) is 17.8 Å². The smallest absolute Gasteiger partial charge is 0.279 e. The van der Waals surface area contributed by atoms with Gasteiger partial charge in [-0.2, -0.15) is 4.99 Å². The van der Waals surface area contributed by atoms with Crippen LogP contribution in [-0.4, -0.2) is 22.0 Å². The average Bonchev–Trinajstić information content (AvgIpc) is 3.08. The number of terminal acetylenes is 1. The molecular weight excluding hydrogens is 402 g/mol. The van der Waals surface area contributed by atoms with E-state index in [4.69, 9.17) is 11.2 Å².